The molecule has 5 rings (SSSR count). The van der Waals surface area contributed by atoms with E-state index in [9.17, 15) is 8.42 Å². The Morgan fingerprint density at radius 2 is 1.75 bits per heavy atom. The molecule has 2 heterocycles. The van der Waals surface area contributed by atoms with Gasteiger partial charge in [0.25, 0.3) is 0 Å². The summed E-state index contributed by atoms with van der Waals surface area (Å²) in [6.45, 7) is 6.87. The van der Waals surface area contributed by atoms with Crippen molar-refractivity contribution in [3.8, 4) is 11.3 Å². The molecule has 4 aromatic rings. The number of hydrogen-bond acceptors (Lipinski definition) is 6. The van der Waals surface area contributed by atoms with Gasteiger partial charge in [0, 0.05) is 35.2 Å². The van der Waals surface area contributed by atoms with E-state index in [1.807, 2.05) is 42.5 Å². The van der Waals surface area contributed by atoms with Crippen LogP contribution in [0.4, 0.5) is 11.5 Å². The van der Waals surface area contributed by atoms with Crippen LogP contribution in [0.2, 0.25) is 0 Å². The summed E-state index contributed by atoms with van der Waals surface area (Å²) in [5.41, 5.74) is 5.28. The molecule has 1 aliphatic heterocycles. The minimum absolute atomic E-state index is 0.0738. The molecule has 36 heavy (non-hydrogen) atoms. The fourth-order valence-electron chi connectivity index (χ4n) is 4.61. The molecule has 0 bridgehead atoms. The SMILES string of the molecule is Cc1ccc(Nc2nnc(-c3ccc(C)c(S(=O)(=O)NCC4CCCO4)c3)c3ccccc23)c(C)c1. The largest absolute Gasteiger partial charge is 0.377 e. The summed E-state index contributed by atoms with van der Waals surface area (Å²) in [5, 5.41) is 14.2. The summed E-state index contributed by atoms with van der Waals surface area (Å²) in [6, 6.07) is 19.5. The lowest BCUT2D eigenvalue weighted by Gasteiger charge is -2.15. The third-order valence-electron chi connectivity index (χ3n) is 6.60. The van der Waals surface area contributed by atoms with Crippen molar-refractivity contribution in [2.24, 2.45) is 0 Å². The van der Waals surface area contributed by atoms with Crippen molar-refractivity contribution in [1.29, 1.82) is 0 Å². The van der Waals surface area contributed by atoms with Gasteiger partial charge in [-0.05, 0) is 56.9 Å². The third kappa shape index (κ3) is 4.97. The van der Waals surface area contributed by atoms with Gasteiger partial charge in [-0.2, -0.15) is 0 Å². The number of sulfonamides is 1. The van der Waals surface area contributed by atoms with Gasteiger partial charge in [-0.25, -0.2) is 13.1 Å². The van der Waals surface area contributed by atoms with Crippen molar-refractivity contribution >= 4 is 32.3 Å². The molecule has 1 saturated heterocycles. The maximum absolute atomic E-state index is 13.2. The molecule has 0 spiro atoms. The predicted octanol–water partition coefficient (Wildman–Crippen LogP) is 5.42. The van der Waals surface area contributed by atoms with Gasteiger partial charge in [0.05, 0.1) is 11.0 Å². The van der Waals surface area contributed by atoms with Crippen molar-refractivity contribution in [1.82, 2.24) is 14.9 Å². The minimum atomic E-state index is -3.71. The van der Waals surface area contributed by atoms with Gasteiger partial charge in [0.15, 0.2) is 5.82 Å². The molecule has 1 unspecified atom stereocenters. The summed E-state index contributed by atoms with van der Waals surface area (Å²) in [4.78, 5) is 0.237. The zero-order chi connectivity index (χ0) is 25.3. The monoisotopic (exact) mass is 502 g/mol. The van der Waals surface area contributed by atoms with Crippen LogP contribution in [-0.4, -0.2) is 37.9 Å². The first-order valence-corrected chi connectivity index (χ1v) is 13.6. The lowest BCUT2D eigenvalue weighted by atomic mass is 10.0. The third-order valence-corrected chi connectivity index (χ3v) is 8.16. The van der Waals surface area contributed by atoms with Crippen molar-refractivity contribution in [3.05, 3.63) is 77.4 Å². The molecule has 2 N–H and O–H groups in total. The second-order valence-corrected chi connectivity index (χ2v) is 11.1. The number of aromatic nitrogens is 2. The molecular weight excluding hydrogens is 472 g/mol. The fraction of sp³-hybridized carbons (Fsp3) is 0.286. The Balaban J connectivity index is 1.51. The smallest absolute Gasteiger partial charge is 0.240 e. The zero-order valence-corrected chi connectivity index (χ0v) is 21.5. The molecular formula is C28H30N4O3S. The molecule has 1 atom stereocenters. The molecule has 0 aliphatic carbocycles. The average molecular weight is 503 g/mol. The van der Waals surface area contributed by atoms with E-state index in [0.717, 1.165) is 34.9 Å². The number of hydrogen-bond donors (Lipinski definition) is 2. The van der Waals surface area contributed by atoms with Gasteiger partial charge >= 0.3 is 0 Å². The van der Waals surface area contributed by atoms with Crippen LogP contribution in [0.3, 0.4) is 0 Å². The average Bonchev–Trinajstić information content (AvgIpc) is 3.39. The highest BCUT2D eigenvalue weighted by Crippen LogP contribution is 2.33. The van der Waals surface area contributed by atoms with E-state index >= 15 is 0 Å². The summed E-state index contributed by atoms with van der Waals surface area (Å²) in [7, 11) is -3.71. The number of nitrogens with zero attached hydrogens (tertiary/aromatic N) is 2. The summed E-state index contributed by atoms with van der Waals surface area (Å²) < 4.78 is 34.6. The molecule has 0 amide bonds. The predicted molar refractivity (Wildman–Crippen MR) is 143 cm³/mol. The van der Waals surface area contributed by atoms with Crippen molar-refractivity contribution < 1.29 is 13.2 Å². The maximum atomic E-state index is 13.2. The van der Waals surface area contributed by atoms with Crippen LogP contribution in [0, 0.1) is 20.8 Å². The first kappa shape index (κ1) is 24.4. The molecule has 3 aromatic carbocycles. The Morgan fingerprint density at radius 1 is 0.944 bits per heavy atom. The van der Waals surface area contributed by atoms with E-state index in [-0.39, 0.29) is 17.5 Å². The molecule has 1 fully saturated rings. The molecule has 1 aromatic heterocycles. The molecule has 1 aliphatic rings. The van der Waals surface area contributed by atoms with E-state index in [2.05, 4.69) is 46.2 Å². The fourth-order valence-corrected chi connectivity index (χ4v) is 5.95. The highest BCUT2D eigenvalue weighted by molar-refractivity contribution is 7.89. The van der Waals surface area contributed by atoms with Gasteiger partial charge < -0.3 is 10.1 Å². The Bertz CT molecular complexity index is 1530. The second-order valence-electron chi connectivity index (χ2n) is 9.35. The highest BCUT2D eigenvalue weighted by Gasteiger charge is 2.23. The van der Waals surface area contributed by atoms with Crippen LogP contribution in [0.5, 0.6) is 0 Å². The van der Waals surface area contributed by atoms with Crippen LogP contribution in [0.25, 0.3) is 22.0 Å². The summed E-state index contributed by atoms with van der Waals surface area (Å²) in [5.74, 6) is 0.652. The normalized spacial score (nSPS) is 15.9. The summed E-state index contributed by atoms with van der Waals surface area (Å²) in [6.07, 6.45) is 1.75. The summed E-state index contributed by atoms with van der Waals surface area (Å²) >= 11 is 0. The Hall–Kier alpha value is -3.33. The van der Waals surface area contributed by atoms with Crippen LogP contribution >= 0.6 is 0 Å². The number of anilines is 2. The van der Waals surface area contributed by atoms with Crippen molar-refractivity contribution in [2.45, 2.75) is 44.6 Å². The van der Waals surface area contributed by atoms with Gasteiger partial charge in [0.2, 0.25) is 10.0 Å². The molecule has 186 valence electrons. The number of aryl methyl sites for hydroxylation is 3. The van der Waals surface area contributed by atoms with Gasteiger partial charge in [-0.1, -0.05) is 54.1 Å². The van der Waals surface area contributed by atoms with Crippen molar-refractivity contribution in [2.75, 3.05) is 18.5 Å². The Labute approximate surface area is 212 Å². The topological polar surface area (TPSA) is 93.2 Å². The number of ether oxygens (including phenoxy) is 1. The quantitative estimate of drug-likeness (QED) is 0.350. The van der Waals surface area contributed by atoms with Gasteiger partial charge in [-0.15, -0.1) is 10.2 Å². The van der Waals surface area contributed by atoms with E-state index in [1.165, 1.54) is 5.56 Å². The van der Waals surface area contributed by atoms with Gasteiger partial charge in [-0.3, -0.25) is 0 Å². The molecule has 7 nitrogen and oxygen atoms in total. The van der Waals surface area contributed by atoms with E-state index in [0.29, 0.717) is 29.2 Å². The first-order valence-electron chi connectivity index (χ1n) is 12.1. The van der Waals surface area contributed by atoms with E-state index in [4.69, 9.17) is 4.74 Å². The highest BCUT2D eigenvalue weighted by atomic mass is 32.2. The standard InChI is InChI=1S/C28H30N4O3S/c1-18-10-13-25(20(3)15-18)30-28-24-9-5-4-8-23(24)27(31-32-28)21-12-11-19(2)26(16-21)36(33,34)29-17-22-7-6-14-35-22/h4-5,8-13,15-16,22,29H,6-7,14,17H2,1-3H3,(H,30,32). The lowest BCUT2D eigenvalue weighted by Crippen LogP contribution is -2.32. The lowest BCUT2D eigenvalue weighted by molar-refractivity contribution is 0.114. The number of rotatable bonds is 7. The van der Waals surface area contributed by atoms with Crippen LogP contribution in [-0.2, 0) is 14.8 Å². The molecule has 0 saturated carbocycles. The number of fused-ring (bicyclic) bond motifs is 1. The van der Waals surface area contributed by atoms with Gasteiger partial charge in [0.1, 0.15) is 5.69 Å². The van der Waals surface area contributed by atoms with Crippen LogP contribution < -0.4 is 10.0 Å². The van der Waals surface area contributed by atoms with E-state index in [1.54, 1.807) is 13.0 Å². The van der Waals surface area contributed by atoms with Crippen LogP contribution in [0.1, 0.15) is 29.5 Å². The zero-order valence-electron chi connectivity index (χ0n) is 20.7. The number of benzene rings is 3. The Kier molecular flexibility index (Phi) is 6.75. The molecule has 0 radical (unpaired) electrons. The number of nitrogens with one attached hydrogen (secondary N) is 2. The minimum Gasteiger partial charge on any atom is -0.377 e. The maximum Gasteiger partial charge on any atom is 0.240 e. The van der Waals surface area contributed by atoms with Crippen molar-refractivity contribution in [3.63, 3.8) is 0 Å². The second kappa shape index (κ2) is 9.97. The van der Waals surface area contributed by atoms with Crippen LogP contribution in [0.15, 0.2) is 65.6 Å². The Morgan fingerprint density at radius 3 is 2.50 bits per heavy atom. The molecule has 8 heteroatoms. The van der Waals surface area contributed by atoms with E-state index < -0.39 is 10.0 Å². The first-order chi connectivity index (χ1) is 17.3.